The summed E-state index contributed by atoms with van der Waals surface area (Å²) in [7, 11) is 0. The van der Waals surface area contributed by atoms with Gasteiger partial charge in [0.05, 0.1) is 0 Å². The van der Waals surface area contributed by atoms with Gasteiger partial charge < -0.3 is 16.6 Å². The first kappa shape index (κ1) is 12.1. The van der Waals surface area contributed by atoms with Crippen LogP contribution in [0.2, 0.25) is 0 Å². The van der Waals surface area contributed by atoms with Gasteiger partial charge in [0.15, 0.2) is 0 Å². The summed E-state index contributed by atoms with van der Waals surface area (Å²) in [6.07, 6.45) is 2.13. The number of benzene rings is 1. The average Bonchev–Trinajstić information content (AvgIpc) is 2.97. The number of anilines is 1. The van der Waals surface area contributed by atoms with Crippen molar-refractivity contribution in [3.63, 3.8) is 0 Å². The minimum Gasteiger partial charge on any atom is -0.505 e. The number of halogens is 2. The van der Waals surface area contributed by atoms with Crippen molar-refractivity contribution >= 4 is 18.1 Å². The Morgan fingerprint density at radius 2 is 2.00 bits per heavy atom. The fraction of sp³-hybridized carbons (Fsp3) is 0.400. The number of phenols is 1. The van der Waals surface area contributed by atoms with E-state index < -0.39 is 5.82 Å². The standard InChI is InChI=1S/C10H13FN2O.ClH/c11-7-4-3-6(10(14)9(7)13)8(12)5-1-2-5;/h3-5,8,14H,1-2,12-13H2;1H/t8-;/m1./s1. The SMILES string of the molecule is Cl.Nc1c(F)ccc([C@H](N)C2CC2)c1O. The molecule has 15 heavy (non-hydrogen) atoms. The quantitative estimate of drug-likeness (QED) is 0.539. The maximum atomic E-state index is 12.9. The van der Waals surface area contributed by atoms with Gasteiger partial charge in [-0.15, -0.1) is 12.4 Å². The van der Waals surface area contributed by atoms with Crippen molar-refractivity contribution in [1.29, 1.82) is 0 Å². The van der Waals surface area contributed by atoms with Gasteiger partial charge in [0.25, 0.3) is 0 Å². The van der Waals surface area contributed by atoms with E-state index in [1.165, 1.54) is 12.1 Å². The summed E-state index contributed by atoms with van der Waals surface area (Å²) >= 11 is 0. The fourth-order valence-corrected chi connectivity index (χ4v) is 1.58. The van der Waals surface area contributed by atoms with E-state index in [1.54, 1.807) is 0 Å². The van der Waals surface area contributed by atoms with Crippen LogP contribution < -0.4 is 11.5 Å². The number of aromatic hydroxyl groups is 1. The number of hydrogen-bond donors (Lipinski definition) is 3. The van der Waals surface area contributed by atoms with E-state index in [2.05, 4.69) is 0 Å². The molecule has 1 aliphatic rings. The molecule has 1 aromatic carbocycles. The van der Waals surface area contributed by atoms with Crippen molar-refractivity contribution in [2.24, 2.45) is 11.7 Å². The summed E-state index contributed by atoms with van der Waals surface area (Å²) in [5.74, 6) is -0.399. The normalized spacial score (nSPS) is 16.9. The highest BCUT2D eigenvalue weighted by Crippen LogP contribution is 2.43. The van der Waals surface area contributed by atoms with Crippen LogP contribution in [0.1, 0.15) is 24.4 Å². The van der Waals surface area contributed by atoms with Gasteiger partial charge in [-0.05, 0) is 24.8 Å². The summed E-state index contributed by atoms with van der Waals surface area (Å²) in [5.41, 5.74) is 11.6. The van der Waals surface area contributed by atoms with Gasteiger partial charge in [0, 0.05) is 11.6 Å². The first-order valence-corrected chi connectivity index (χ1v) is 4.63. The van der Waals surface area contributed by atoms with Gasteiger partial charge >= 0.3 is 0 Å². The molecule has 2 rings (SSSR count). The molecule has 0 aromatic heterocycles. The predicted molar refractivity (Wildman–Crippen MR) is 59.4 cm³/mol. The highest BCUT2D eigenvalue weighted by molar-refractivity contribution is 5.85. The lowest BCUT2D eigenvalue weighted by Crippen LogP contribution is -2.13. The average molecular weight is 233 g/mol. The lowest BCUT2D eigenvalue weighted by atomic mass is 10.0. The van der Waals surface area contributed by atoms with E-state index in [1.807, 2.05) is 0 Å². The van der Waals surface area contributed by atoms with Crippen molar-refractivity contribution in [2.75, 3.05) is 5.73 Å². The highest BCUT2D eigenvalue weighted by atomic mass is 35.5. The molecule has 5 N–H and O–H groups in total. The van der Waals surface area contributed by atoms with E-state index >= 15 is 0 Å². The Kier molecular flexibility index (Phi) is 3.42. The molecule has 0 unspecified atom stereocenters. The summed E-state index contributed by atoms with van der Waals surface area (Å²) in [6.45, 7) is 0. The van der Waals surface area contributed by atoms with Crippen LogP contribution >= 0.6 is 12.4 Å². The van der Waals surface area contributed by atoms with Crippen molar-refractivity contribution in [3.05, 3.63) is 23.5 Å². The van der Waals surface area contributed by atoms with Crippen LogP contribution in [0.25, 0.3) is 0 Å². The van der Waals surface area contributed by atoms with Crippen LogP contribution in [0.3, 0.4) is 0 Å². The van der Waals surface area contributed by atoms with Crippen molar-refractivity contribution in [2.45, 2.75) is 18.9 Å². The Morgan fingerprint density at radius 3 is 2.53 bits per heavy atom. The summed E-state index contributed by atoms with van der Waals surface area (Å²) in [6, 6.07) is 2.52. The molecule has 3 nitrogen and oxygen atoms in total. The van der Waals surface area contributed by atoms with Gasteiger partial charge in [0.1, 0.15) is 17.3 Å². The number of phenolic OH excluding ortho intramolecular Hbond substituents is 1. The molecule has 0 spiro atoms. The van der Waals surface area contributed by atoms with E-state index in [4.69, 9.17) is 11.5 Å². The lowest BCUT2D eigenvalue weighted by molar-refractivity contribution is 0.454. The molecule has 1 aliphatic carbocycles. The third kappa shape index (κ3) is 2.16. The zero-order chi connectivity index (χ0) is 10.3. The van der Waals surface area contributed by atoms with E-state index in [9.17, 15) is 9.50 Å². The topological polar surface area (TPSA) is 72.3 Å². The van der Waals surface area contributed by atoms with Gasteiger partial charge in [0.2, 0.25) is 0 Å². The first-order valence-electron chi connectivity index (χ1n) is 4.63. The summed E-state index contributed by atoms with van der Waals surface area (Å²) < 4.78 is 12.9. The summed E-state index contributed by atoms with van der Waals surface area (Å²) in [4.78, 5) is 0. The molecular formula is C10H14ClFN2O. The smallest absolute Gasteiger partial charge is 0.149 e. The van der Waals surface area contributed by atoms with Gasteiger partial charge in [-0.25, -0.2) is 4.39 Å². The van der Waals surface area contributed by atoms with E-state index in [0.717, 1.165) is 12.8 Å². The number of rotatable bonds is 2. The summed E-state index contributed by atoms with van der Waals surface area (Å²) in [5, 5.41) is 9.58. The van der Waals surface area contributed by atoms with Crippen LogP contribution in [-0.2, 0) is 0 Å². The van der Waals surface area contributed by atoms with Crippen LogP contribution in [-0.4, -0.2) is 5.11 Å². The van der Waals surface area contributed by atoms with Crippen LogP contribution in [0.5, 0.6) is 5.75 Å². The number of hydrogen-bond acceptors (Lipinski definition) is 3. The van der Waals surface area contributed by atoms with E-state index in [0.29, 0.717) is 11.5 Å². The Morgan fingerprint density at radius 1 is 1.40 bits per heavy atom. The number of nitrogens with two attached hydrogens (primary N) is 2. The lowest BCUT2D eigenvalue weighted by Gasteiger charge is -2.14. The number of nitrogen functional groups attached to an aromatic ring is 1. The molecule has 1 aromatic rings. The molecule has 5 heteroatoms. The van der Waals surface area contributed by atoms with Crippen molar-refractivity contribution in [1.82, 2.24) is 0 Å². The largest absolute Gasteiger partial charge is 0.505 e. The van der Waals surface area contributed by atoms with Crippen LogP contribution in [0, 0.1) is 11.7 Å². The van der Waals surface area contributed by atoms with Gasteiger partial charge in [-0.3, -0.25) is 0 Å². The second-order valence-corrected chi connectivity index (χ2v) is 3.76. The van der Waals surface area contributed by atoms with Crippen molar-refractivity contribution in [3.8, 4) is 5.75 Å². The molecular weight excluding hydrogens is 219 g/mol. The maximum Gasteiger partial charge on any atom is 0.149 e. The van der Waals surface area contributed by atoms with Gasteiger partial charge in [-0.2, -0.15) is 0 Å². The van der Waals surface area contributed by atoms with Crippen LogP contribution in [0.4, 0.5) is 10.1 Å². The van der Waals surface area contributed by atoms with Gasteiger partial charge in [-0.1, -0.05) is 6.07 Å². The molecule has 1 atom stereocenters. The minimum absolute atomic E-state index is 0. The molecule has 1 fully saturated rings. The molecule has 0 bridgehead atoms. The third-order valence-electron chi connectivity index (χ3n) is 2.68. The second-order valence-electron chi connectivity index (χ2n) is 3.76. The highest BCUT2D eigenvalue weighted by Gasteiger charge is 2.31. The molecule has 0 saturated heterocycles. The molecule has 0 aliphatic heterocycles. The molecule has 1 saturated carbocycles. The zero-order valence-corrected chi connectivity index (χ0v) is 8.93. The molecule has 0 amide bonds. The molecule has 0 heterocycles. The Labute approximate surface area is 93.7 Å². The second kappa shape index (κ2) is 4.24. The monoisotopic (exact) mass is 232 g/mol. The zero-order valence-electron chi connectivity index (χ0n) is 8.11. The minimum atomic E-state index is -0.603. The Balaban J connectivity index is 0.00000112. The Bertz CT molecular complexity index is 369. The van der Waals surface area contributed by atoms with Crippen molar-refractivity contribution < 1.29 is 9.50 Å². The fourth-order valence-electron chi connectivity index (χ4n) is 1.58. The predicted octanol–water partition coefficient (Wildman–Crippen LogP) is 1.95. The van der Waals surface area contributed by atoms with E-state index in [-0.39, 0.29) is 29.9 Å². The molecule has 84 valence electrons. The first-order chi connectivity index (χ1) is 6.61. The maximum absolute atomic E-state index is 12.9. The third-order valence-corrected chi connectivity index (χ3v) is 2.68. The Hall–Kier alpha value is -1.00. The molecule has 0 radical (unpaired) electrons. The van der Waals surface area contributed by atoms with Crippen LogP contribution in [0.15, 0.2) is 12.1 Å².